The molecule has 1 atom stereocenters. The van der Waals surface area contributed by atoms with Crippen molar-refractivity contribution in [3.05, 3.63) is 59.7 Å². The van der Waals surface area contributed by atoms with Gasteiger partial charge in [-0.1, -0.05) is 30.3 Å². The van der Waals surface area contributed by atoms with Gasteiger partial charge >= 0.3 is 18.9 Å². The molecule has 0 radical (unpaired) electrons. The Morgan fingerprint density at radius 3 is 1.94 bits per heavy atom. The van der Waals surface area contributed by atoms with Gasteiger partial charge in [-0.3, -0.25) is 4.90 Å². The molecule has 1 saturated heterocycles. The Balaban J connectivity index is 0.00000272. The quantitative estimate of drug-likeness (QED) is 0.474. The van der Waals surface area contributed by atoms with Gasteiger partial charge in [0.1, 0.15) is 11.5 Å². The van der Waals surface area contributed by atoms with E-state index in [1.165, 1.54) is 24.3 Å². The van der Waals surface area contributed by atoms with Crippen molar-refractivity contribution >= 4 is 24.8 Å². The Hall–Kier alpha value is -1.95. The van der Waals surface area contributed by atoms with Crippen molar-refractivity contribution in [3.63, 3.8) is 0 Å². The van der Waals surface area contributed by atoms with Gasteiger partial charge in [0.05, 0.1) is 6.04 Å². The highest BCUT2D eigenvalue weighted by atomic mass is 35.5. The number of alkyl halides is 7. The van der Waals surface area contributed by atoms with Crippen LogP contribution in [0.5, 0.6) is 11.5 Å². The molecule has 13 heteroatoms. The van der Waals surface area contributed by atoms with Gasteiger partial charge in [0, 0.05) is 31.7 Å². The second-order valence-electron chi connectivity index (χ2n) is 6.81. The molecule has 0 spiro atoms. The van der Waals surface area contributed by atoms with Crippen LogP contribution in [0.1, 0.15) is 17.2 Å². The van der Waals surface area contributed by atoms with E-state index in [4.69, 9.17) is 0 Å². The number of nitrogens with one attached hydrogen (secondary N) is 1. The number of benzene rings is 2. The summed E-state index contributed by atoms with van der Waals surface area (Å²) in [5.74, 6) is -0.879. The molecule has 2 aromatic rings. The maximum atomic E-state index is 13.6. The lowest BCUT2D eigenvalue weighted by atomic mass is 9.95. The molecule has 3 rings (SSSR count). The predicted molar refractivity (Wildman–Crippen MR) is 112 cm³/mol. The van der Waals surface area contributed by atoms with Crippen LogP contribution in [0.3, 0.4) is 0 Å². The zero-order valence-corrected chi connectivity index (χ0v) is 18.5. The van der Waals surface area contributed by atoms with Crippen molar-refractivity contribution in [2.45, 2.75) is 24.9 Å². The molecule has 186 valence electrons. The van der Waals surface area contributed by atoms with E-state index in [2.05, 4.69) is 14.8 Å². The van der Waals surface area contributed by atoms with Gasteiger partial charge in [-0.15, -0.1) is 38.0 Å². The minimum atomic E-state index is -4.86. The maximum Gasteiger partial charge on any atom is 0.573 e. The normalized spacial score (nSPS) is 15.9. The van der Waals surface area contributed by atoms with Crippen LogP contribution in [0.25, 0.3) is 0 Å². The molecule has 0 aromatic heterocycles. The molecule has 1 aliphatic heterocycles. The average Bonchev–Trinajstić information content (AvgIpc) is 2.70. The van der Waals surface area contributed by atoms with Crippen LogP contribution in [-0.4, -0.2) is 50.0 Å². The van der Waals surface area contributed by atoms with E-state index in [1.807, 2.05) is 4.90 Å². The molecule has 0 unspecified atom stereocenters. The average molecular weight is 525 g/mol. The van der Waals surface area contributed by atoms with Gasteiger partial charge in [-0.25, -0.2) is 0 Å². The highest BCUT2D eigenvalue weighted by molar-refractivity contribution is 5.85. The first-order valence-electron chi connectivity index (χ1n) is 9.31. The van der Waals surface area contributed by atoms with Crippen LogP contribution in [0.15, 0.2) is 48.5 Å². The van der Waals surface area contributed by atoms with Crippen LogP contribution in [-0.2, 0) is 0 Å². The smallest absolute Gasteiger partial charge is 0.428 e. The number of para-hydroxylation sites is 1. The minimum absolute atomic E-state index is 0. The second-order valence-corrected chi connectivity index (χ2v) is 6.81. The van der Waals surface area contributed by atoms with Gasteiger partial charge in [0.2, 0.25) is 0 Å². The Bertz CT molecular complexity index is 864. The van der Waals surface area contributed by atoms with E-state index in [1.54, 1.807) is 6.07 Å². The zero-order chi connectivity index (χ0) is 22.6. The first-order chi connectivity index (χ1) is 14.6. The summed E-state index contributed by atoms with van der Waals surface area (Å²) >= 11 is 0. The van der Waals surface area contributed by atoms with Gasteiger partial charge in [-0.05, 0) is 23.8 Å². The largest absolute Gasteiger partial charge is 0.573 e. The van der Waals surface area contributed by atoms with E-state index in [-0.39, 0.29) is 30.4 Å². The second kappa shape index (κ2) is 12.0. The Morgan fingerprint density at radius 2 is 1.39 bits per heavy atom. The van der Waals surface area contributed by atoms with Gasteiger partial charge < -0.3 is 14.8 Å². The van der Waals surface area contributed by atoms with E-state index >= 15 is 0 Å². The third-order valence-electron chi connectivity index (χ3n) is 4.66. The molecular weight excluding hydrogens is 504 g/mol. The van der Waals surface area contributed by atoms with Crippen LogP contribution in [0, 0.1) is 0 Å². The number of hydrogen-bond acceptors (Lipinski definition) is 4. The Labute approximate surface area is 197 Å². The maximum absolute atomic E-state index is 13.6. The monoisotopic (exact) mass is 524 g/mol. The predicted octanol–water partition coefficient (Wildman–Crippen LogP) is 5.66. The standard InChI is InChI=1S/C20H19F7N2O2.2ClH/c21-18(22)19(23,24)31-16-4-2-1-3-15(16)17(29-11-9-28-10-12-29)13-5-7-14(8-6-13)30-20(25,26)27;;/h1-8,17-18,28H,9-12H2;2*1H/t17-;;/m1../s1. The number of hydrogen-bond donors (Lipinski definition) is 1. The number of rotatable bonds is 7. The van der Waals surface area contributed by atoms with E-state index in [0.717, 1.165) is 18.2 Å². The summed E-state index contributed by atoms with van der Waals surface area (Å²) in [6, 6.07) is 9.77. The van der Waals surface area contributed by atoms with Crippen molar-refractivity contribution in [1.82, 2.24) is 10.2 Å². The van der Waals surface area contributed by atoms with Crippen LogP contribution < -0.4 is 14.8 Å². The molecule has 0 amide bonds. The number of nitrogens with zero attached hydrogens (tertiary/aromatic N) is 1. The van der Waals surface area contributed by atoms with Crippen LogP contribution in [0.4, 0.5) is 30.7 Å². The number of halogens is 9. The van der Waals surface area contributed by atoms with Gasteiger partial charge in [0.25, 0.3) is 0 Å². The molecule has 2 aromatic carbocycles. The fraction of sp³-hybridized carbons (Fsp3) is 0.400. The SMILES string of the molecule is Cl.Cl.FC(F)C(F)(F)Oc1ccccc1[C@@H](c1ccc(OC(F)(F)F)cc1)N1CCNCC1. The van der Waals surface area contributed by atoms with E-state index < -0.39 is 36.4 Å². The summed E-state index contributed by atoms with van der Waals surface area (Å²) in [5.41, 5.74) is 0.655. The molecule has 1 aliphatic rings. The minimum Gasteiger partial charge on any atom is -0.428 e. The lowest BCUT2D eigenvalue weighted by Crippen LogP contribution is -2.45. The molecule has 33 heavy (non-hydrogen) atoms. The van der Waals surface area contributed by atoms with Gasteiger partial charge in [0.15, 0.2) is 0 Å². The van der Waals surface area contributed by atoms with Crippen molar-refractivity contribution in [2.24, 2.45) is 0 Å². The zero-order valence-electron chi connectivity index (χ0n) is 16.8. The molecule has 0 saturated carbocycles. The van der Waals surface area contributed by atoms with Crippen LogP contribution >= 0.6 is 24.8 Å². The number of piperazine rings is 1. The molecule has 0 bridgehead atoms. The summed E-state index contributed by atoms with van der Waals surface area (Å²) in [6.07, 6.45) is -13.6. The topological polar surface area (TPSA) is 33.7 Å². The third kappa shape index (κ3) is 7.80. The first-order valence-corrected chi connectivity index (χ1v) is 9.31. The van der Waals surface area contributed by atoms with E-state index in [9.17, 15) is 30.7 Å². The molecule has 1 fully saturated rings. The highest BCUT2D eigenvalue weighted by Gasteiger charge is 2.45. The van der Waals surface area contributed by atoms with Crippen molar-refractivity contribution in [2.75, 3.05) is 26.2 Å². The highest BCUT2D eigenvalue weighted by Crippen LogP contribution is 2.38. The lowest BCUT2D eigenvalue weighted by molar-refractivity contribution is -0.274. The van der Waals surface area contributed by atoms with Gasteiger partial charge in [-0.2, -0.15) is 17.6 Å². The first kappa shape index (κ1) is 29.1. The fourth-order valence-electron chi connectivity index (χ4n) is 3.37. The molecule has 1 heterocycles. The summed E-state index contributed by atoms with van der Waals surface area (Å²) in [4.78, 5) is 1.90. The van der Waals surface area contributed by atoms with E-state index in [0.29, 0.717) is 31.7 Å². The molecular formula is C20H21Cl2F7N2O2. The number of ether oxygens (including phenoxy) is 2. The summed E-state index contributed by atoms with van der Waals surface area (Å²) in [7, 11) is 0. The van der Waals surface area contributed by atoms with Crippen molar-refractivity contribution in [1.29, 1.82) is 0 Å². The Kier molecular flexibility index (Phi) is 10.5. The summed E-state index contributed by atoms with van der Waals surface area (Å²) < 4.78 is 98.2. The van der Waals surface area contributed by atoms with Crippen molar-refractivity contribution < 1.29 is 40.2 Å². The van der Waals surface area contributed by atoms with Crippen LogP contribution in [0.2, 0.25) is 0 Å². The molecule has 1 N–H and O–H groups in total. The molecule has 4 nitrogen and oxygen atoms in total. The molecule has 0 aliphatic carbocycles. The lowest BCUT2D eigenvalue weighted by Gasteiger charge is -2.36. The van der Waals surface area contributed by atoms with Crippen molar-refractivity contribution in [3.8, 4) is 11.5 Å². The summed E-state index contributed by atoms with van der Waals surface area (Å²) in [5, 5.41) is 3.14. The summed E-state index contributed by atoms with van der Waals surface area (Å²) in [6.45, 7) is 2.15. The third-order valence-corrected chi connectivity index (χ3v) is 4.66. The fourth-order valence-corrected chi connectivity index (χ4v) is 3.37. The Morgan fingerprint density at radius 1 is 0.818 bits per heavy atom.